The maximum atomic E-state index is 10.3. The van der Waals surface area contributed by atoms with E-state index in [4.69, 9.17) is 5.11 Å². The lowest BCUT2D eigenvalue weighted by Crippen LogP contribution is -2.12. The Bertz CT molecular complexity index is 297. The fourth-order valence-electron chi connectivity index (χ4n) is 1.03. The molecule has 1 heterocycles. The minimum Gasteiger partial charge on any atom is -0.481 e. The molecule has 0 saturated heterocycles. The normalized spacial score (nSPS) is 12.8. The maximum absolute atomic E-state index is 10.3. The molecule has 0 amide bonds. The number of aliphatic hydroxyl groups excluding tert-OH is 1. The maximum Gasteiger partial charge on any atom is 0.306 e. The summed E-state index contributed by atoms with van der Waals surface area (Å²) in [4.78, 5) is 14.1. The lowest BCUT2D eigenvalue weighted by atomic mass is 10.2. The molecular weight excluding hydrogens is 174 g/mol. The van der Waals surface area contributed by atoms with Crippen LogP contribution in [0, 0.1) is 0 Å². The van der Waals surface area contributed by atoms with Crippen LogP contribution in [0.4, 0.5) is 0 Å². The van der Waals surface area contributed by atoms with Crippen LogP contribution in [0.15, 0.2) is 6.33 Å². The molecule has 0 aromatic carbocycles. The molecule has 1 aromatic rings. The first-order valence-electron chi connectivity index (χ1n) is 3.92. The van der Waals surface area contributed by atoms with Gasteiger partial charge in [0.1, 0.15) is 12.4 Å². The van der Waals surface area contributed by atoms with Gasteiger partial charge >= 0.3 is 5.97 Å². The third-order valence-electron chi connectivity index (χ3n) is 1.61. The van der Waals surface area contributed by atoms with Crippen LogP contribution < -0.4 is 0 Å². The number of aliphatic carboxylic acids is 1. The number of carboxylic acid groups (broad SMARTS) is 1. The van der Waals surface area contributed by atoms with Crippen molar-refractivity contribution in [2.75, 3.05) is 0 Å². The van der Waals surface area contributed by atoms with Gasteiger partial charge in [-0.25, -0.2) is 9.67 Å². The number of aryl methyl sites for hydroxylation is 1. The van der Waals surface area contributed by atoms with E-state index in [9.17, 15) is 9.90 Å². The Labute approximate surface area is 74.8 Å². The quantitative estimate of drug-likeness (QED) is 0.678. The van der Waals surface area contributed by atoms with Gasteiger partial charge in [-0.1, -0.05) is 0 Å². The second kappa shape index (κ2) is 3.99. The van der Waals surface area contributed by atoms with Gasteiger partial charge in [-0.3, -0.25) is 4.79 Å². The highest BCUT2D eigenvalue weighted by Crippen LogP contribution is 2.12. The van der Waals surface area contributed by atoms with Crippen LogP contribution in [0.5, 0.6) is 0 Å². The molecule has 0 fully saturated rings. The SMILES string of the molecule is CCn1ncnc1[C@@H](O)CC(=O)O. The lowest BCUT2D eigenvalue weighted by molar-refractivity contribution is -0.139. The van der Waals surface area contributed by atoms with Gasteiger partial charge in [0.15, 0.2) is 5.82 Å². The van der Waals surface area contributed by atoms with Crippen molar-refractivity contribution in [2.45, 2.75) is 26.0 Å². The number of carboxylic acids is 1. The van der Waals surface area contributed by atoms with Gasteiger partial charge in [0, 0.05) is 6.54 Å². The van der Waals surface area contributed by atoms with Crippen molar-refractivity contribution in [3.63, 3.8) is 0 Å². The molecule has 0 aliphatic heterocycles. The van der Waals surface area contributed by atoms with Crippen molar-refractivity contribution < 1.29 is 15.0 Å². The number of rotatable bonds is 4. The number of aromatic nitrogens is 3. The molecule has 1 rings (SSSR count). The molecule has 1 atom stereocenters. The zero-order valence-electron chi connectivity index (χ0n) is 7.21. The third-order valence-corrected chi connectivity index (χ3v) is 1.61. The first-order chi connectivity index (χ1) is 6.15. The van der Waals surface area contributed by atoms with Gasteiger partial charge in [0.05, 0.1) is 6.42 Å². The molecule has 13 heavy (non-hydrogen) atoms. The molecule has 0 unspecified atom stereocenters. The topological polar surface area (TPSA) is 88.2 Å². The second-order valence-corrected chi connectivity index (χ2v) is 2.55. The van der Waals surface area contributed by atoms with E-state index in [0.717, 1.165) is 0 Å². The van der Waals surface area contributed by atoms with Gasteiger partial charge in [-0.2, -0.15) is 5.10 Å². The van der Waals surface area contributed by atoms with Crippen LogP contribution in [0.25, 0.3) is 0 Å². The van der Waals surface area contributed by atoms with Crippen molar-refractivity contribution in [3.8, 4) is 0 Å². The average Bonchev–Trinajstić information content (AvgIpc) is 2.49. The van der Waals surface area contributed by atoms with Crippen molar-refractivity contribution in [1.82, 2.24) is 14.8 Å². The Hall–Kier alpha value is -1.43. The van der Waals surface area contributed by atoms with Crippen molar-refractivity contribution in [1.29, 1.82) is 0 Å². The van der Waals surface area contributed by atoms with Crippen LogP contribution in [-0.2, 0) is 11.3 Å². The lowest BCUT2D eigenvalue weighted by Gasteiger charge is -2.07. The van der Waals surface area contributed by atoms with Crippen LogP contribution in [0.2, 0.25) is 0 Å². The van der Waals surface area contributed by atoms with E-state index in [1.165, 1.54) is 11.0 Å². The van der Waals surface area contributed by atoms with Crippen LogP contribution in [0.1, 0.15) is 25.3 Å². The minimum absolute atomic E-state index is 0.296. The molecule has 0 aliphatic rings. The van der Waals surface area contributed by atoms with E-state index < -0.39 is 12.1 Å². The Morgan fingerprint density at radius 2 is 2.46 bits per heavy atom. The molecule has 0 aliphatic carbocycles. The molecule has 6 nitrogen and oxygen atoms in total. The summed E-state index contributed by atoms with van der Waals surface area (Å²) in [5, 5.41) is 21.6. The minimum atomic E-state index is -1.08. The van der Waals surface area contributed by atoms with E-state index in [1.807, 2.05) is 6.92 Å². The molecule has 0 spiro atoms. The molecule has 2 N–H and O–H groups in total. The number of hydrogen-bond donors (Lipinski definition) is 2. The highest BCUT2D eigenvalue weighted by atomic mass is 16.4. The van der Waals surface area contributed by atoms with Crippen LogP contribution in [-0.4, -0.2) is 30.9 Å². The first kappa shape index (κ1) is 9.66. The summed E-state index contributed by atoms with van der Waals surface area (Å²) in [7, 11) is 0. The van der Waals surface area contributed by atoms with E-state index in [1.54, 1.807) is 0 Å². The van der Waals surface area contributed by atoms with Crippen molar-refractivity contribution in [3.05, 3.63) is 12.2 Å². The first-order valence-corrected chi connectivity index (χ1v) is 3.92. The highest BCUT2D eigenvalue weighted by Gasteiger charge is 2.17. The fourth-order valence-corrected chi connectivity index (χ4v) is 1.03. The smallest absolute Gasteiger partial charge is 0.306 e. The molecule has 1 aromatic heterocycles. The number of hydrogen-bond acceptors (Lipinski definition) is 4. The monoisotopic (exact) mass is 185 g/mol. The predicted molar refractivity (Wildman–Crippen MR) is 42.9 cm³/mol. The predicted octanol–water partition coefficient (Wildman–Crippen LogP) is -0.194. The van der Waals surface area contributed by atoms with Gasteiger partial charge in [0.25, 0.3) is 0 Å². The summed E-state index contributed by atoms with van der Waals surface area (Å²) in [6.07, 6.45) is -0.136. The molecular formula is C7H11N3O3. The summed E-state index contributed by atoms with van der Waals surface area (Å²) < 4.78 is 1.47. The molecule has 0 bridgehead atoms. The molecule has 0 radical (unpaired) electrons. The molecule has 72 valence electrons. The van der Waals surface area contributed by atoms with Crippen LogP contribution >= 0.6 is 0 Å². The Kier molecular flexibility index (Phi) is 2.97. The van der Waals surface area contributed by atoms with Gasteiger partial charge in [0.2, 0.25) is 0 Å². The zero-order valence-corrected chi connectivity index (χ0v) is 7.21. The summed E-state index contributed by atoms with van der Waals surface area (Å²) in [6, 6.07) is 0. The summed E-state index contributed by atoms with van der Waals surface area (Å²) in [5.74, 6) is -0.761. The summed E-state index contributed by atoms with van der Waals surface area (Å²) in [6.45, 7) is 2.40. The largest absolute Gasteiger partial charge is 0.481 e. The highest BCUT2D eigenvalue weighted by molar-refractivity contribution is 5.67. The zero-order chi connectivity index (χ0) is 9.84. The Morgan fingerprint density at radius 3 is 3.00 bits per heavy atom. The van der Waals surface area contributed by atoms with E-state index in [-0.39, 0.29) is 6.42 Å². The van der Waals surface area contributed by atoms with E-state index in [0.29, 0.717) is 12.4 Å². The molecule has 0 saturated carbocycles. The molecule has 6 heteroatoms. The number of aliphatic hydroxyl groups is 1. The fraction of sp³-hybridized carbons (Fsp3) is 0.571. The Balaban J connectivity index is 2.75. The van der Waals surface area contributed by atoms with Crippen LogP contribution in [0.3, 0.4) is 0 Å². The standard InChI is InChI=1S/C7H11N3O3/c1-2-10-7(8-4-9-10)5(11)3-6(12)13/h4-5,11H,2-3H2,1H3,(H,12,13)/t5-/m0/s1. The summed E-state index contributed by atoms with van der Waals surface area (Å²) in [5.41, 5.74) is 0. The van der Waals surface area contributed by atoms with Gasteiger partial charge in [-0.05, 0) is 6.92 Å². The van der Waals surface area contributed by atoms with E-state index in [2.05, 4.69) is 10.1 Å². The summed E-state index contributed by atoms with van der Waals surface area (Å²) >= 11 is 0. The average molecular weight is 185 g/mol. The van der Waals surface area contributed by atoms with Gasteiger partial charge in [-0.15, -0.1) is 0 Å². The third kappa shape index (κ3) is 2.25. The van der Waals surface area contributed by atoms with Gasteiger partial charge < -0.3 is 10.2 Å². The second-order valence-electron chi connectivity index (χ2n) is 2.55. The number of carbonyl (C=O) groups is 1. The number of nitrogens with zero attached hydrogens (tertiary/aromatic N) is 3. The van der Waals surface area contributed by atoms with Crippen molar-refractivity contribution >= 4 is 5.97 Å². The van der Waals surface area contributed by atoms with Crippen molar-refractivity contribution in [2.24, 2.45) is 0 Å². The Morgan fingerprint density at radius 1 is 1.77 bits per heavy atom. The van der Waals surface area contributed by atoms with E-state index >= 15 is 0 Å².